The highest BCUT2D eigenvalue weighted by atomic mass is 35.5. The third-order valence-electron chi connectivity index (χ3n) is 16.6. The van der Waals surface area contributed by atoms with Gasteiger partial charge in [-0.2, -0.15) is 15.5 Å². The molecule has 0 saturated carbocycles. The molecule has 0 radical (unpaired) electrons. The third kappa shape index (κ3) is 43.6. The van der Waals surface area contributed by atoms with Crippen LogP contribution in [-0.2, 0) is 55.3 Å². The Balaban J connectivity index is 0.000000262. The van der Waals surface area contributed by atoms with Gasteiger partial charge in [-0.25, -0.2) is 85.5 Å². The van der Waals surface area contributed by atoms with E-state index in [0.29, 0.717) is 149 Å². The van der Waals surface area contributed by atoms with Gasteiger partial charge in [-0.1, -0.05) is 124 Å². The number of thiazole rings is 3. The van der Waals surface area contributed by atoms with Crippen LogP contribution in [0.1, 0.15) is 70.5 Å². The number of amidine groups is 3. The molecule has 0 amide bonds. The Labute approximate surface area is 788 Å². The van der Waals surface area contributed by atoms with Crippen molar-refractivity contribution in [3.8, 4) is 12.4 Å². The summed E-state index contributed by atoms with van der Waals surface area (Å²) in [5, 5.41) is 111. The molecule has 1 unspecified atom stereocenters. The van der Waals surface area contributed by atoms with Crippen LogP contribution in [0.25, 0.3) is 0 Å². The number of pyridine rings is 4. The van der Waals surface area contributed by atoms with Gasteiger partial charge in [-0.05, 0) is 66.8 Å². The van der Waals surface area contributed by atoms with Gasteiger partial charge < -0.3 is 75.7 Å². The molecule has 6 N–H and O–H groups in total. The van der Waals surface area contributed by atoms with Crippen LogP contribution >= 0.6 is 127 Å². The largest absolute Gasteiger partial charge is 0.381 e. The molecular formula is C69H86Cl7N35O14S4. The quantitative estimate of drug-likeness (QED) is 0.00733. The molecule has 5 aliphatic heterocycles. The maximum atomic E-state index is 10.5. The lowest BCUT2D eigenvalue weighted by molar-refractivity contribution is -0.486. The number of hydrazone groups is 5. The van der Waals surface area contributed by atoms with Crippen molar-refractivity contribution in [3.05, 3.63) is 236 Å². The number of rotatable bonds is 26. The van der Waals surface area contributed by atoms with Crippen molar-refractivity contribution in [1.29, 1.82) is 10.5 Å². The van der Waals surface area contributed by atoms with Gasteiger partial charge in [0.15, 0.2) is 55.4 Å². The molecule has 0 spiro atoms. The molecular weight excluding hydrogens is 1920 g/mol. The molecule has 0 bridgehead atoms. The standard InChI is InChI=1S/C11H15ClN4O2.C10H9ClN4S.C10H11ClN4.C9H10ClN5O2.C8H10ClN5O3S.C7H8ClN5O2S.C7H9ClN4O2S.C7H14N4O3/c1-3-15(11(13-2)8-16(17)18)7-9-4-5-10(12)14-6-9;11-9-2-1-8(5-13-9)6-15-3-4-16-10(15)14-7-12;1-8(14-7-12)15(2)6-9-3-4-10(11)13-5-9;10-8-2-1-7(5-12-8)6-14-4-3-11-9(14)13-15(16)17;1-12-4-17-5-13(8(12)11-14(15)16)3-6-2-10-7(9)18-6;8-6-10-3-5(16-6)4-12-2-1-9-7(12)11-13(14)15;1-2-6(11-12(13)14)9-3-5-4-10-7(8)15-5;1-8-7(10-11(12)13)9-4-6-2-3-14-5-6/h4-6,8,13H,3,7H2,1-2H3;1-2,5H,3-4,6H2;3-5H,6H2,1-2H3;1-2,5H,3-4,6H2,(H,11,13);2H,3-5H2,1H3;3H,1-2,4H2,(H,9,11);4H,2-3H2,1H3,(H,9,11);6H,2-5H2,1H3,(H2,8,9,10)/b11-8+;;;;11-8+;;;. The fourth-order valence-corrected chi connectivity index (χ4v) is 14.9. The monoisotopic (exact) mass is 2000 g/mol. The second-order valence-corrected chi connectivity index (χ2v) is 33.4. The summed E-state index contributed by atoms with van der Waals surface area (Å²) in [6.45, 7) is 16.2. The first-order chi connectivity index (χ1) is 61.7. The summed E-state index contributed by atoms with van der Waals surface area (Å²) in [5.41, 5.74) is 3.95. The fraction of sp³-hybridized carbons (Fsp3) is 0.420. The van der Waals surface area contributed by atoms with Crippen LogP contribution in [0.5, 0.6) is 0 Å². The molecule has 129 heavy (non-hydrogen) atoms. The van der Waals surface area contributed by atoms with Crippen molar-refractivity contribution in [2.24, 2.45) is 41.4 Å². The first-order valence-corrected chi connectivity index (χ1v) is 43.6. The maximum absolute atomic E-state index is 10.5. The molecule has 694 valence electrons. The summed E-state index contributed by atoms with van der Waals surface area (Å²) < 4.78 is 11.8. The average molecular weight is 2010 g/mol. The Morgan fingerprint density at radius 3 is 1.52 bits per heavy atom. The van der Waals surface area contributed by atoms with Crippen molar-refractivity contribution in [3.63, 3.8) is 0 Å². The van der Waals surface area contributed by atoms with Gasteiger partial charge in [-0.15, -0.1) is 39.0 Å². The van der Waals surface area contributed by atoms with E-state index < -0.39 is 30.1 Å². The van der Waals surface area contributed by atoms with Crippen LogP contribution in [0.15, 0.2) is 139 Å². The molecule has 49 nitrogen and oxygen atoms in total. The zero-order valence-corrected chi connectivity index (χ0v) is 78.2. The minimum absolute atomic E-state index is 0.182. The second kappa shape index (κ2) is 59.2. The lowest BCUT2D eigenvalue weighted by Crippen LogP contribution is -2.49. The Kier molecular flexibility index (Phi) is 49.3. The van der Waals surface area contributed by atoms with E-state index in [4.69, 9.17) is 101 Å². The Morgan fingerprint density at radius 1 is 0.597 bits per heavy atom. The molecule has 12 heterocycles. The van der Waals surface area contributed by atoms with Crippen molar-refractivity contribution < 1.29 is 39.6 Å². The number of guanidine groups is 4. The highest BCUT2D eigenvalue weighted by molar-refractivity contribution is 8.14. The number of nitriles is 2. The SMILES string of the molecule is CC(=NC#N)N(C)Cc1ccc(Cl)nc1.CC/C(=N\[N+](=O)[O-])NCc1cnc(Cl)s1.CCN(Cc1ccc(Cl)nc1)/C(=C/[N+](=O)[O-])NC.CN/C(=N\[N+](=O)[O-])NCC1CCOC1.CN1COCN(Cc2cnc(Cl)s2)/C1=N/[N+](=O)[O-].N#CN=C1SCCN1Cc1ccc(Cl)nc1.O=[N+]([O-])/N=C1\NCCN1Cc1ccc(Cl)nc1.O=[N+]([O-])/N=C1\NCCN1Cc1cnc(Cl)s1. The van der Waals surface area contributed by atoms with Gasteiger partial charge >= 0.3 is 0 Å². The minimum Gasteiger partial charge on any atom is -0.381 e. The number of hydrogen-bond donors (Lipinski definition) is 6. The highest BCUT2D eigenvalue weighted by Gasteiger charge is 2.28. The van der Waals surface area contributed by atoms with E-state index in [1.54, 1.807) is 140 Å². The molecule has 5 aliphatic rings. The van der Waals surface area contributed by atoms with Crippen molar-refractivity contribution >= 4 is 168 Å². The van der Waals surface area contributed by atoms with Gasteiger partial charge in [-0.3, -0.25) is 10.1 Å². The van der Waals surface area contributed by atoms with Gasteiger partial charge in [0.25, 0.3) is 30.0 Å². The van der Waals surface area contributed by atoms with Crippen LogP contribution in [0.2, 0.25) is 34.0 Å². The topological polar surface area (TPSA) is 596 Å². The Hall–Kier alpha value is -12.0. The van der Waals surface area contributed by atoms with Gasteiger partial charge in [0.2, 0.25) is 12.4 Å². The zero-order valence-electron chi connectivity index (χ0n) is 69.6. The lowest BCUT2D eigenvalue weighted by Gasteiger charge is -2.34. The van der Waals surface area contributed by atoms with E-state index >= 15 is 0 Å². The highest BCUT2D eigenvalue weighted by Crippen LogP contribution is 2.25. The van der Waals surface area contributed by atoms with Crippen LogP contribution in [-0.4, -0.2) is 246 Å². The van der Waals surface area contributed by atoms with Crippen LogP contribution in [0.3, 0.4) is 0 Å². The number of hydrogen-bond acceptors (Lipinski definition) is 31. The molecule has 5 fully saturated rings. The smallest absolute Gasteiger partial charge is 0.277 e. The molecule has 12 rings (SSSR count). The number of thioether (sulfide) groups is 1. The van der Waals surface area contributed by atoms with Crippen LogP contribution in [0, 0.1) is 89.5 Å². The number of nitrogens with zero attached hydrogens (tertiary/aromatic N) is 29. The van der Waals surface area contributed by atoms with E-state index in [0.717, 1.165) is 80.1 Å². The predicted molar refractivity (Wildman–Crippen MR) is 491 cm³/mol. The number of aliphatic imine (C=N–C) groups is 2. The lowest BCUT2D eigenvalue weighted by atomic mass is 10.1. The van der Waals surface area contributed by atoms with Crippen molar-refractivity contribution in [2.75, 3.05) is 106 Å². The number of nitro groups is 6. The van der Waals surface area contributed by atoms with E-state index in [-0.39, 0.29) is 37.3 Å². The fourth-order valence-electron chi connectivity index (χ4n) is 10.6. The number of ether oxygens (including phenoxy) is 2. The predicted octanol–water partition coefficient (Wildman–Crippen LogP) is 9.77. The molecule has 5 saturated heterocycles. The summed E-state index contributed by atoms with van der Waals surface area (Å²) in [7, 11) is 6.78. The summed E-state index contributed by atoms with van der Waals surface area (Å²) in [4.78, 5) is 112. The molecule has 1 atom stereocenters. The minimum atomic E-state index is -0.732. The first-order valence-electron chi connectivity index (χ1n) is 37.6. The zero-order chi connectivity index (χ0) is 94.7. The molecule has 0 aromatic carbocycles. The van der Waals surface area contributed by atoms with Gasteiger partial charge in [0, 0.05) is 183 Å². The van der Waals surface area contributed by atoms with Gasteiger partial charge in [0.1, 0.15) is 60.3 Å². The maximum Gasteiger partial charge on any atom is 0.277 e. The van der Waals surface area contributed by atoms with Crippen LogP contribution in [0.4, 0.5) is 0 Å². The van der Waals surface area contributed by atoms with Gasteiger partial charge in [0.05, 0.1) is 36.3 Å². The first kappa shape index (κ1) is 108. The molecule has 7 aromatic heterocycles. The molecule has 60 heteroatoms. The van der Waals surface area contributed by atoms with E-state index in [2.05, 4.69) is 107 Å². The Bertz CT molecular complexity index is 5090. The van der Waals surface area contributed by atoms with E-state index in [1.807, 2.05) is 54.2 Å². The number of aromatic nitrogens is 7. The summed E-state index contributed by atoms with van der Waals surface area (Å²) in [6.07, 6.45) is 17.7. The third-order valence-corrected chi connectivity index (χ3v) is 21.8. The molecule has 7 aromatic rings. The number of halogens is 7. The summed E-state index contributed by atoms with van der Waals surface area (Å²) in [6, 6.07) is 14.4. The van der Waals surface area contributed by atoms with Crippen molar-refractivity contribution in [2.45, 2.75) is 79.4 Å². The normalized spacial score (nSPS) is 15.8. The second-order valence-electron chi connectivity index (χ2n) is 25.7. The molecule has 0 aliphatic carbocycles. The summed E-state index contributed by atoms with van der Waals surface area (Å²) in [5.74, 6) is 3.87. The van der Waals surface area contributed by atoms with E-state index in [9.17, 15) is 60.7 Å². The van der Waals surface area contributed by atoms with Crippen molar-refractivity contribution in [1.82, 2.24) is 101 Å². The van der Waals surface area contributed by atoms with E-state index in [1.165, 1.54) is 34.0 Å². The van der Waals surface area contributed by atoms with Crippen LogP contribution < -0.4 is 31.9 Å². The number of nitrogens with one attached hydrogen (secondary N) is 6. The Morgan fingerprint density at radius 2 is 1.09 bits per heavy atom. The average Bonchev–Trinajstić information content (AvgIpc) is 1.67. The summed E-state index contributed by atoms with van der Waals surface area (Å²) >= 11 is 45.4.